The second-order valence-electron chi connectivity index (χ2n) is 5.90. The Morgan fingerprint density at radius 2 is 1.93 bits per heavy atom. The molecule has 2 N–H and O–H groups in total. The van der Waals surface area contributed by atoms with Crippen molar-refractivity contribution in [1.82, 2.24) is 20.1 Å². The van der Waals surface area contributed by atoms with Crippen LogP contribution in [0.5, 0.6) is 0 Å². The number of rotatable bonds is 2. The zero-order valence-electron chi connectivity index (χ0n) is 14.6. The van der Waals surface area contributed by atoms with E-state index < -0.39 is 28.7 Å². The smallest absolute Gasteiger partial charge is 0.308 e. The van der Waals surface area contributed by atoms with Gasteiger partial charge < -0.3 is 5.32 Å². The Balaban J connectivity index is 1.75. The third-order valence-corrected chi connectivity index (χ3v) is 4.21. The molecular weight excluding hydrogens is 399 g/mol. The van der Waals surface area contributed by atoms with Gasteiger partial charge in [-0.15, -0.1) is 0 Å². The average molecular weight is 412 g/mol. The van der Waals surface area contributed by atoms with Gasteiger partial charge >= 0.3 is 12.2 Å². The summed E-state index contributed by atoms with van der Waals surface area (Å²) in [6.45, 7) is 1.75. The van der Waals surface area contributed by atoms with Gasteiger partial charge in [-0.3, -0.25) is 14.8 Å². The lowest BCUT2D eigenvalue weighted by Gasteiger charge is -2.12. The number of hydrogen-bond acceptors (Lipinski definition) is 4. The van der Waals surface area contributed by atoms with Crippen molar-refractivity contribution in [3.63, 3.8) is 0 Å². The number of benzene rings is 1. The van der Waals surface area contributed by atoms with E-state index in [9.17, 15) is 22.8 Å². The molecule has 0 unspecified atom stereocenters. The Morgan fingerprint density at radius 3 is 2.61 bits per heavy atom. The van der Waals surface area contributed by atoms with E-state index in [1.54, 1.807) is 18.7 Å². The molecule has 0 aliphatic heterocycles. The monoisotopic (exact) mass is 411 g/mol. The van der Waals surface area contributed by atoms with Crippen LogP contribution in [0.4, 0.5) is 23.7 Å². The molecule has 3 amide bonds. The van der Waals surface area contributed by atoms with E-state index in [4.69, 9.17) is 11.6 Å². The molecule has 28 heavy (non-hydrogen) atoms. The van der Waals surface area contributed by atoms with Crippen molar-refractivity contribution in [2.24, 2.45) is 7.05 Å². The van der Waals surface area contributed by atoms with Crippen LogP contribution in [0.15, 0.2) is 30.5 Å². The van der Waals surface area contributed by atoms with Gasteiger partial charge in [0.15, 0.2) is 5.65 Å². The van der Waals surface area contributed by atoms with E-state index in [2.05, 4.69) is 15.4 Å². The lowest BCUT2D eigenvalue weighted by atomic mass is 10.2. The molecular formula is C17H13ClF3N5O2. The molecule has 11 heteroatoms. The lowest BCUT2D eigenvalue weighted by Crippen LogP contribution is -2.34. The fourth-order valence-electron chi connectivity index (χ4n) is 2.59. The van der Waals surface area contributed by atoms with Gasteiger partial charge in [0.1, 0.15) is 0 Å². The highest BCUT2D eigenvalue weighted by Gasteiger charge is 2.33. The molecule has 0 atom stereocenters. The number of aryl methyl sites for hydroxylation is 2. The highest BCUT2D eigenvalue weighted by molar-refractivity contribution is 6.31. The van der Waals surface area contributed by atoms with E-state index in [-0.39, 0.29) is 11.3 Å². The lowest BCUT2D eigenvalue weighted by molar-refractivity contribution is -0.137. The maximum Gasteiger partial charge on any atom is 0.417 e. The molecule has 0 spiro atoms. The number of nitrogens with zero attached hydrogens (tertiary/aromatic N) is 3. The molecule has 0 saturated carbocycles. The van der Waals surface area contributed by atoms with Crippen LogP contribution in [-0.2, 0) is 13.2 Å². The fourth-order valence-corrected chi connectivity index (χ4v) is 2.81. The number of alkyl halides is 3. The second-order valence-corrected chi connectivity index (χ2v) is 6.31. The SMILES string of the molecule is Cc1nn(C)c2ncc(C(=O)NC(=O)Nc3ccc(Cl)c(C(F)(F)F)c3)cc12. The standard InChI is InChI=1S/C17H13ClF3N5O2/c1-8-11-5-9(7-22-14(11)26(2)25-8)15(27)24-16(28)23-10-3-4-13(18)12(6-10)17(19,20)21/h3-7H,1-2H3,(H2,23,24,27,28). The highest BCUT2D eigenvalue weighted by atomic mass is 35.5. The number of halogens is 4. The minimum absolute atomic E-state index is 0.103. The molecule has 3 aromatic rings. The van der Waals surface area contributed by atoms with Gasteiger partial charge in [0, 0.05) is 24.3 Å². The van der Waals surface area contributed by atoms with Gasteiger partial charge in [0.2, 0.25) is 0 Å². The summed E-state index contributed by atoms with van der Waals surface area (Å²) < 4.78 is 40.2. The second kappa shape index (κ2) is 7.12. The number of nitrogens with one attached hydrogen (secondary N) is 2. The van der Waals surface area contributed by atoms with Crippen molar-refractivity contribution in [3.8, 4) is 0 Å². The summed E-state index contributed by atoms with van der Waals surface area (Å²) in [4.78, 5) is 28.4. The van der Waals surface area contributed by atoms with Crippen LogP contribution in [0.25, 0.3) is 11.0 Å². The first-order chi connectivity index (χ1) is 13.1. The Bertz CT molecular complexity index is 1090. The summed E-state index contributed by atoms with van der Waals surface area (Å²) in [5.74, 6) is -0.764. The summed E-state index contributed by atoms with van der Waals surface area (Å²) in [5, 5.41) is 8.53. The van der Waals surface area contributed by atoms with Gasteiger partial charge in [0.25, 0.3) is 5.91 Å². The molecule has 0 aliphatic carbocycles. The molecule has 0 fully saturated rings. The van der Waals surface area contributed by atoms with Crippen molar-refractivity contribution in [3.05, 3.63) is 52.3 Å². The molecule has 0 saturated heterocycles. The molecule has 0 bridgehead atoms. The van der Waals surface area contributed by atoms with Gasteiger partial charge in [-0.1, -0.05) is 11.6 Å². The summed E-state index contributed by atoms with van der Waals surface area (Å²) in [6.07, 6.45) is -3.40. The highest BCUT2D eigenvalue weighted by Crippen LogP contribution is 2.36. The summed E-state index contributed by atoms with van der Waals surface area (Å²) >= 11 is 5.53. The van der Waals surface area contributed by atoms with Crippen LogP contribution < -0.4 is 10.6 Å². The molecule has 3 rings (SSSR count). The number of carbonyl (C=O) groups excluding carboxylic acids is 2. The number of hydrogen-bond donors (Lipinski definition) is 2. The fraction of sp³-hybridized carbons (Fsp3) is 0.176. The van der Waals surface area contributed by atoms with E-state index in [0.717, 1.165) is 6.07 Å². The maximum absolute atomic E-state index is 12.9. The largest absolute Gasteiger partial charge is 0.417 e. The average Bonchev–Trinajstić information content (AvgIpc) is 2.89. The topological polar surface area (TPSA) is 88.9 Å². The maximum atomic E-state index is 12.9. The first-order valence-electron chi connectivity index (χ1n) is 7.84. The van der Waals surface area contributed by atoms with Crippen molar-refractivity contribution in [2.45, 2.75) is 13.1 Å². The zero-order chi connectivity index (χ0) is 20.6. The summed E-state index contributed by atoms with van der Waals surface area (Å²) in [7, 11) is 1.71. The van der Waals surface area contributed by atoms with E-state index in [1.807, 2.05) is 5.32 Å². The van der Waals surface area contributed by atoms with Gasteiger partial charge in [-0.05, 0) is 31.2 Å². The number of pyridine rings is 1. The minimum Gasteiger partial charge on any atom is -0.308 e. The molecule has 1 aromatic carbocycles. The van der Waals surface area contributed by atoms with E-state index in [1.165, 1.54) is 18.3 Å². The van der Waals surface area contributed by atoms with Crippen molar-refractivity contribution in [2.75, 3.05) is 5.32 Å². The van der Waals surface area contributed by atoms with Gasteiger partial charge in [0.05, 0.1) is 21.8 Å². The predicted octanol–water partition coefficient (Wildman–Crippen LogP) is 3.91. The Labute approximate surface area is 161 Å². The van der Waals surface area contributed by atoms with E-state index >= 15 is 0 Å². The number of urea groups is 1. The Morgan fingerprint density at radius 1 is 1.21 bits per heavy atom. The quantitative estimate of drug-likeness (QED) is 0.669. The summed E-state index contributed by atoms with van der Waals surface area (Å²) in [5.41, 5.74) is 0.0637. The van der Waals surface area contributed by atoms with Crippen molar-refractivity contribution in [1.29, 1.82) is 0 Å². The molecule has 0 aliphatic rings. The van der Waals surface area contributed by atoms with Crippen LogP contribution in [0.1, 0.15) is 21.6 Å². The first-order valence-corrected chi connectivity index (χ1v) is 8.22. The zero-order valence-corrected chi connectivity index (χ0v) is 15.3. The number of aromatic nitrogens is 3. The third kappa shape index (κ3) is 3.91. The molecule has 0 radical (unpaired) electrons. The van der Waals surface area contributed by atoms with E-state index in [0.29, 0.717) is 22.8 Å². The normalized spacial score (nSPS) is 11.5. The first kappa shape index (κ1) is 19.6. The molecule has 2 heterocycles. The van der Waals surface area contributed by atoms with Crippen LogP contribution in [0, 0.1) is 6.92 Å². The Hall–Kier alpha value is -3.14. The molecule has 7 nitrogen and oxygen atoms in total. The van der Waals surface area contributed by atoms with Gasteiger partial charge in [-0.25, -0.2) is 9.78 Å². The number of carbonyl (C=O) groups is 2. The Kier molecular flexibility index (Phi) is 4.99. The van der Waals surface area contributed by atoms with Crippen LogP contribution >= 0.6 is 11.6 Å². The number of imide groups is 1. The number of amides is 3. The predicted molar refractivity (Wildman–Crippen MR) is 96.2 cm³/mol. The minimum atomic E-state index is -4.68. The van der Waals surface area contributed by atoms with Crippen LogP contribution in [-0.4, -0.2) is 26.7 Å². The van der Waals surface area contributed by atoms with Crippen LogP contribution in [0.3, 0.4) is 0 Å². The third-order valence-electron chi connectivity index (χ3n) is 3.88. The van der Waals surface area contributed by atoms with Gasteiger partial charge in [-0.2, -0.15) is 18.3 Å². The molecule has 2 aromatic heterocycles. The summed E-state index contributed by atoms with van der Waals surface area (Å²) in [6, 6.07) is 3.40. The number of fused-ring (bicyclic) bond motifs is 1. The number of anilines is 1. The van der Waals surface area contributed by atoms with Crippen molar-refractivity contribution < 1.29 is 22.8 Å². The molecule has 146 valence electrons. The van der Waals surface area contributed by atoms with Crippen LogP contribution in [0.2, 0.25) is 5.02 Å². The van der Waals surface area contributed by atoms with Crippen molar-refractivity contribution >= 4 is 40.3 Å².